The maximum Gasteiger partial charge on any atom is 0.331 e. The lowest BCUT2D eigenvalue weighted by Gasteiger charge is -2.18. The summed E-state index contributed by atoms with van der Waals surface area (Å²) in [6.07, 6.45) is 5.49. The van der Waals surface area contributed by atoms with E-state index >= 15 is 0 Å². The highest BCUT2D eigenvalue weighted by atomic mass is 32.2. The maximum atomic E-state index is 11.1. The van der Waals surface area contributed by atoms with E-state index in [9.17, 15) is 4.79 Å². The second-order valence-electron chi connectivity index (χ2n) is 4.52. The minimum atomic E-state index is -0.881. The Balaban J connectivity index is 1.95. The molecular weight excluding hydrogens is 286 g/mol. The van der Waals surface area contributed by atoms with Crippen molar-refractivity contribution >= 4 is 35.3 Å². The predicted molar refractivity (Wildman–Crippen MR) is 81.8 cm³/mol. The number of carboxylic acid groups (broad SMARTS) is 1. The van der Waals surface area contributed by atoms with E-state index in [2.05, 4.69) is 15.3 Å². The van der Waals surface area contributed by atoms with Gasteiger partial charge in [0.2, 0.25) is 0 Å². The van der Waals surface area contributed by atoms with Gasteiger partial charge in [0.25, 0.3) is 0 Å². The quantitative estimate of drug-likeness (QED) is 0.720. The van der Waals surface area contributed by atoms with Crippen molar-refractivity contribution in [1.82, 2.24) is 9.97 Å². The first kappa shape index (κ1) is 13.6. The number of nitrogens with one attached hydrogen (secondary N) is 1. The van der Waals surface area contributed by atoms with E-state index in [-0.39, 0.29) is 0 Å². The molecule has 1 aliphatic rings. The fourth-order valence-electron chi connectivity index (χ4n) is 2.06. The molecule has 1 aromatic carbocycles. The van der Waals surface area contributed by atoms with Crippen LogP contribution in [0.3, 0.4) is 0 Å². The molecule has 2 heterocycles. The third-order valence-corrected chi connectivity index (χ3v) is 4.19. The van der Waals surface area contributed by atoms with Gasteiger partial charge in [0.05, 0.1) is 5.69 Å². The first-order valence-corrected chi connectivity index (χ1v) is 7.33. The van der Waals surface area contributed by atoms with Crippen LogP contribution in [0.25, 0.3) is 6.08 Å². The van der Waals surface area contributed by atoms with Gasteiger partial charge in [-0.2, -0.15) is 0 Å². The van der Waals surface area contributed by atoms with Gasteiger partial charge in [0, 0.05) is 22.9 Å². The number of rotatable bonds is 3. The van der Waals surface area contributed by atoms with Crippen molar-refractivity contribution < 1.29 is 9.90 Å². The predicted octanol–water partition coefficient (Wildman–Crippen LogP) is 3.56. The van der Waals surface area contributed by atoms with E-state index in [1.807, 2.05) is 25.1 Å². The molecule has 0 saturated carbocycles. The van der Waals surface area contributed by atoms with E-state index in [1.54, 1.807) is 30.2 Å². The minimum absolute atomic E-state index is 0.388. The Bertz CT molecular complexity index is 743. The summed E-state index contributed by atoms with van der Waals surface area (Å²) in [5.41, 5.74) is 2.16. The van der Waals surface area contributed by atoms with E-state index in [1.165, 1.54) is 0 Å². The molecule has 0 atom stereocenters. The Hall–Kier alpha value is -2.34. The topological polar surface area (TPSA) is 75.1 Å². The van der Waals surface area contributed by atoms with Crippen molar-refractivity contribution in [2.24, 2.45) is 0 Å². The van der Waals surface area contributed by atoms with E-state index in [0.29, 0.717) is 12.0 Å². The molecule has 0 fully saturated rings. The standard InChI is InChI=1S/C15H13N3O2S/c1-2-10(15(19)20)7-9-3-4-12-11(8-9)18-13-14(21-12)17-6-5-16-13/h3-8H,2H2,1H3,(H,16,18)(H,19,20). The average molecular weight is 299 g/mol. The van der Waals surface area contributed by atoms with Gasteiger partial charge in [-0.1, -0.05) is 24.8 Å². The molecule has 2 aromatic rings. The van der Waals surface area contributed by atoms with Crippen LogP contribution in [0.15, 0.2) is 46.1 Å². The number of carbonyl (C=O) groups is 1. The lowest BCUT2D eigenvalue weighted by molar-refractivity contribution is -0.132. The summed E-state index contributed by atoms with van der Waals surface area (Å²) < 4.78 is 0. The van der Waals surface area contributed by atoms with Crippen molar-refractivity contribution in [1.29, 1.82) is 0 Å². The SMILES string of the molecule is CCC(=Cc1ccc2c(c1)Nc1nccnc1S2)C(=O)O. The van der Waals surface area contributed by atoms with Crippen LogP contribution >= 0.6 is 11.8 Å². The monoisotopic (exact) mass is 299 g/mol. The van der Waals surface area contributed by atoms with Crippen molar-refractivity contribution in [3.05, 3.63) is 41.7 Å². The molecule has 0 bridgehead atoms. The second-order valence-corrected chi connectivity index (χ2v) is 5.55. The molecular formula is C15H13N3O2S. The molecule has 0 aliphatic carbocycles. The molecule has 5 nitrogen and oxygen atoms in total. The van der Waals surface area contributed by atoms with Gasteiger partial charge < -0.3 is 10.4 Å². The molecule has 0 amide bonds. The Labute approximate surface area is 126 Å². The summed E-state index contributed by atoms with van der Waals surface area (Å²) in [4.78, 5) is 20.7. The van der Waals surface area contributed by atoms with Crippen molar-refractivity contribution in [3.63, 3.8) is 0 Å². The van der Waals surface area contributed by atoms with Crippen LogP contribution in [0.5, 0.6) is 0 Å². The number of anilines is 2. The number of nitrogens with zero attached hydrogens (tertiary/aromatic N) is 2. The number of benzene rings is 1. The lowest BCUT2D eigenvalue weighted by Crippen LogP contribution is -2.03. The molecule has 0 saturated heterocycles. The van der Waals surface area contributed by atoms with Crippen molar-refractivity contribution in [3.8, 4) is 0 Å². The zero-order chi connectivity index (χ0) is 14.8. The molecule has 0 radical (unpaired) electrons. The van der Waals surface area contributed by atoms with Crippen LogP contribution in [0.4, 0.5) is 11.5 Å². The summed E-state index contributed by atoms with van der Waals surface area (Å²) in [7, 11) is 0. The Morgan fingerprint density at radius 1 is 1.38 bits per heavy atom. The van der Waals surface area contributed by atoms with Crippen LogP contribution in [-0.4, -0.2) is 21.0 Å². The summed E-state index contributed by atoms with van der Waals surface area (Å²) in [6, 6.07) is 5.80. The van der Waals surface area contributed by atoms with E-state index in [4.69, 9.17) is 5.11 Å². The zero-order valence-corrected chi connectivity index (χ0v) is 12.1. The zero-order valence-electron chi connectivity index (χ0n) is 11.3. The summed E-state index contributed by atoms with van der Waals surface area (Å²) >= 11 is 1.55. The molecule has 1 aliphatic heterocycles. The number of aliphatic carboxylic acids is 1. The number of carboxylic acids is 1. The lowest BCUT2D eigenvalue weighted by atomic mass is 10.1. The first-order valence-electron chi connectivity index (χ1n) is 6.51. The third kappa shape index (κ3) is 2.75. The Kier molecular flexibility index (Phi) is 3.62. The molecule has 106 valence electrons. The molecule has 1 aromatic heterocycles. The first-order chi connectivity index (χ1) is 10.2. The van der Waals surface area contributed by atoms with Crippen LogP contribution in [0.1, 0.15) is 18.9 Å². The van der Waals surface area contributed by atoms with Gasteiger partial charge in [0.15, 0.2) is 5.82 Å². The summed E-state index contributed by atoms with van der Waals surface area (Å²) in [5, 5.41) is 13.2. The second kappa shape index (κ2) is 5.57. The van der Waals surface area contributed by atoms with E-state index < -0.39 is 5.97 Å². The van der Waals surface area contributed by atoms with Gasteiger partial charge in [-0.25, -0.2) is 14.8 Å². The van der Waals surface area contributed by atoms with Gasteiger partial charge in [0.1, 0.15) is 5.03 Å². The molecule has 3 rings (SSSR count). The number of hydrogen-bond donors (Lipinski definition) is 2. The summed E-state index contributed by atoms with van der Waals surface area (Å²) in [6.45, 7) is 1.83. The Morgan fingerprint density at radius 2 is 2.19 bits per heavy atom. The number of fused-ring (bicyclic) bond motifs is 2. The molecule has 0 unspecified atom stereocenters. The fraction of sp³-hybridized carbons (Fsp3) is 0.133. The highest BCUT2D eigenvalue weighted by molar-refractivity contribution is 7.99. The van der Waals surface area contributed by atoms with Gasteiger partial charge in [-0.05, 0) is 30.2 Å². The number of aromatic nitrogens is 2. The maximum absolute atomic E-state index is 11.1. The molecule has 0 spiro atoms. The highest BCUT2D eigenvalue weighted by Gasteiger charge is 2.17. The van der Waals surface area contributed by atoms with Crippen LogP contribution in [0.2, 0.25) is 0 Å². The van der Waals surface area contributed by atoms with Gasteiger partial charge >= 0.3 is 5.97 Å². The average Bonchev–Trinajstić information content (AvgIpc) is 2.50. The Morgan fingerprint density at radius 3 is 2.95 bits per heavy atom. The van der Waals surface area contributed by atoms with Crippen molar-refractivity contribution in [2.45, 2.75) is 23.3 Å². The largest absolute Gasteiger partial charge is 0.478 e. The molecule has 2 N–H and O–H groups in total. The fourth-order valence-corrected chi connectivity index (χ4v) is 2.94. The van der Waals surface area contributed by atoms with Gasteiger partial charge in [-0.15, -0.1) is 0 Å². The smallest absolute Gasteiger partial charge is 0.331 e. The normalized spacial score (nSPS) is 13.1. The van der Waals surface area contributed by atoms with E-state index in [0.717, 1.165) is 27.0 Å². The van der Waals surface area contributed by atoms with Crippen LogP contribution in [0, 0.1) is 0 Å². The molecule has 21 heavy (non-hydrogen) atoms. The number of hydrogen-bond acceptors (Lipinski definition) is 5. The van der Waals surface area contributed by atoms with Gasteiger partial charge in [-0.3, -0.25) is 0 Å². The van der Waals surface area contributed by atoms with Crippen LogP contribution in [-0.2, 0) is 4.79 Å². The third-order valence-electron chi connectivity index (χ3n) is 3.12. The molecule has 6 heteroatoms. The van der Waals surface area contributed by atoms with Crippen molar-refractivity contribution in [2.75, 3.05) is 5.32 Å². The minimum Gasteiger partial charge on any atom is -0.478 e. The van der Waals surface area contributed by atoms with Crippen LogP contribution < -0.4 is 5.32 Å². The summed E-state index contributed by atoms with van der Waals surface area (Å²) in [5.74, 6) is -0.154. The highest BCUT2D eigenvalue weighted by Crippen LogP contribution is 2.42.